The van der Waals surface area contributed by atoms with Crippen molar-refractivity contribution in [1.82, 2.24) is 0 Å². The average molecular weight is 276 g/mol. The van der Waals surface area contributed by atoms with E-state index in [4.69, 9.17) is 17.3 Å². The molecule has 2 N–H and O–H groups in total. The minimum Gasteiger partial charge on any atom is -0.399 e. The molecular formula is C11H14ClNO3S. The maximum atomic E-state index is 12.1. The molecule has 0 amide bonds. The minimum absolute atomic E-state index is 0.00101. The highest BCUT2D eigenvalue weighted by Crippen LogP contribution is 2.31. The van der Waals surface area contributed by atoms with Crippen LogP contribution in [0.1, 0.15) is 23.7 Å². The first-order chi connectivity index (χ1) is 7.72. The fourth-order valence-corrected chi connectivity index (χ4v) is 2.57. The second-order valence-corrected chi connectivity index (χ2v) is 6.92. The Morgan fingerprint density at radius 3 is 2.47 bits per heavy atom. The molecule has 6 heteroatoms. The van der Waals surface area contributed by atoms with Crippen molar-refractivity contribution in [3.63, 3.8) is 0 Å². The third kappa shape index (κ3) is 2.61. The summed E-state index contributed by atoms with van der Waals surface area (Å²) in [5, 5.41) is 0. The lowest BCUT2D eigenvalue weighted by Crippen LogP contribution is -2.40. The van der Waals surface area contributed by atoms with Gasteiger partial charge in [-0.15, -0.1) is 0 Å². The van der Waals surface area contributed by atoms with Gasteiger partial charge in [-0.05, 0) is 18.6 Å². The van der Waals surface area contributed by atoms with Gasteiger partial charge < -0.3 is 5.73 Å². The zero-order valence-electron chi connectivity index (χ0n) is 9.60. The number of benzene rings is 1. The highest BCUT2D eigenvalue weighted by Gasteiger charge is 2.44. The quantitative estimate of drug-likeness (QED) is 0.517. The van der Waals surface area contributed by atoms with Crippen LogP contribution in [0.25, 0.3) is 0 Å². The molecule has 17 heavy (non-hydrogen) atoms. The molecule has 4 nitrogen and oxygen atoms in total. The molecule has 1 aromatic carbocycles. The zero-order chi connectivity index (χ0) is 13.3. The van der Waals surface area contributed by atoms with Gasteiger partial charge in [-0.1, -0.05) is 30.7 Å². The number of carbonyl (C=O) groups excluding carboxylic acids is 1. The molecule has 0 unspecified atom stereocenters. The lowest BCUT2D eigenvalue weighted by molar-refractivity contribution is 0.0971. The van der Waals surface area contributed by atoms with Crippen LogP contribution in [-0.4, -0.2) is 24.7 Å². The number of rotatable bonds is 4. The van der Waals surface area contributed by atoms with Crippen molar-refractivity contribution in [2.75, 3.05) is 12.0 Å². The van der Waals surface area contributed by atoms with Crippen LogP contribution in [0.15, 0.2) is 24.3 Å². The molecule has 0 aliphatic rings. The van der Waals surface area contributed by atoms with Crippen molar-refractivity contribution in [2.45, 2.75) is 17.6 Å². The second-order valence-electron chi connectivity index (χ2n) is 3.81. The summed E-state index contributed by atoms with van der Waals surface area (Å²) in [4.78, 5) is 12.1. The van der Waals surface area contributed by atoms with Crippen molar-refractivity contribution in [1.29, 1.82) is 0 Å². The predicted molar refractivity (Wildman–Crippen MR) is 68.9 cm³/mol. The van der Waals surface area contributed by atoms with E-state index in [0.717, 1.165) is 6.26 Å². The van der Waals surface area contributed by atoms with Crippen molar-refractivity contribution in [2.24, 2.45) is 0 Å². The van der Waals surface area contributed by atoms with Crippen LogP contribution in [0.4, 0.5) is 5.69 Å². The number of sulfone groups is 1. The average Bonchev–Trinajstić information content (AvgIpc) is 2.25. The molecule has 94 valence electrons. The number of carbonyl (C=O) groups is 1. The van der Waals surface area contributed by atoms with Crippen LogP contribution in [0, 0.1) is 0 Å². The van der Waals surface area contributed by atoms with E-state index >= 15 is 0 Å². The molecule has 0 aromatic heterocycles. The van der Waals surface area contributed by atoms with Crippen LogP contribution >= 0.6 is 11.6 Å². The third-order valence-corrected chi connectivity index (χ3v) is 5.46. The number of hydrogen-bond donors (Lipinski definition) is 1. The van der Waals surface area contributed by atoms with E-state index in [1.165, 1.54) is 12.1 Å². The number of nitrogens with two attached hydrogens (primary N) is 1. The molecule has 0 saturated heterocycles. The van der Waals surface area contributed by atoms with Crippen LogP contribution in [0.2, 0.25) is 0 Å². The largest absolute Gasteiger partial charge is 0.399 e. The van der Waals surface area contributed by atoms with Crippen molar-refractivity contribution in [3.8, 4) is 0 Å². The Morgan fingerprint density at radius 2 is 2.06 bits per heavy atom. The van der Waals surface area contributed by atoms with Gasteiger partial charge in [-0.2, -0.15) is 0 Å². The van der Waals surface area contributed by atoms with Gasteiger partial charge in [0.15, 0.2) is 15.6 Å². The Kier molecular flexibility index (Phi) is 3.84. The van der Waals surface area contributed by atoms with Crippen molar-refractivity contribution >= 4 is 32.9 Å². The highest BCUT2D eigenvalue weighted by molar-refractivity contribution is 7.94. The summed E-state index contributed by atoms with van der Waals surface area (Å²) < 4.78 is 21.3. The SMILES string of the molecule is CC[C@](Cl)(C(=O)c1cccc(N)c1)S(C)(=O)=O. The number of hydrogen-bond acceptors (Lipinski definition) is 4. The third-order valence-electron chi connectivity index (χ3n) is 2.53. The standard InChI is InChI=1S/C11H14ClNO3S/c1-3-11(12,17(2,15)16)10(14)8-5-4-6-9(13)7-8/h4-7H,3,13H2,1-2H3/t11-/m1/s1. The monoisotopic (exact) mass is 275 g/mol. The molecule has 0 heterocycles. The number of alkyl halides is 1. The highest BCUT2D eigenvalue weighted by atomic mass is 35.5. The Labute approximate surface area is 106 Å². The number of nitrogen functional groups attached to an aromatic ring is 1. The molecule has 0 fully saturated rings. The van der Waals surface area contributed by atoms with Gasteiger partial charge in [0.05, 0.1) is 0 Å². The van der Waals surface area contributed by atoms with E-state index in [2.05, 4.69) is 0 Å². The minimum atomic E-state index is -3.70. The van der Waals surface area contributed by atoms with Crippen molar-refractivity contribution < 1.29 is 13.2 Å². The first kappa shape index (κ1) is 14.0. The normalized spacial score (nSPS) is 15.2. The van der Waals surface area contributed by atoms with E-state index in [-0.39, 0.29) is 12.0 Å². The number of ketones is 1. The molecule has 0 bridgehead atoms. The van der Waals surface area contributed by atoms with Gasteiger partial charge in [-0.3, -0.25) is 4.79 Å². The van der Waals surface area contributed by atoms with Crippen LogP contribution < -0.4 is 5.73 Å². The number of halogens is 1. The lowest BCUT2D eigenvalue weighted by Gasteiger charge is -2.22. The fourth-order valence-electron chi connectivity index (χ4n) is 1.49. The molecular weight excluding hydrogens is 262 g/mol. The molecule has 1 aromatic rings. The molecule has 0 spiro atoms. The summed E-state index contributed by atoms with van der Waals surface area (Å²) in [6.07, 6.45) is 0.953. The smallest absolute Gasteiger partial charge is 0.207 e. The van der Waals surface area contributed by atoms with E-state index in [0.29, 0.717) is 5.69 Å². The maximum absolute atomic E-state index is 12.1. The van der Waals surface area contributed by atoms with Gasteiger partial charge in [0.2, 0.25) is 4.21 Å². The van der Waals surface area contributed by atoms with E-state index < -0.39 is 19.8 Å². The van der Waals surface area contributed by atoms with Crippen LogP contribution in [0.5, 0.6) is 0 Å². The van der Waals surface area contributed by atoms with Gasteiger partial charge in [0, 0.05) is 17.5 Å². The predicted octanol–water partition coefficient (Wildman–Crippen LogP) is 1.84. The first-order valence-electron chi connectivity index (χ1n) is 5.01. The summed E-state index contributed by atoms with van der Waals surface area (Å²) in [6.45, 7) is 1.55. The Balaban J connectivity index is 3.29. The molecule has 1 rings (SSSR count). The topological polar surface area (TPSA) is 77.2 Å². The van der Waals surface area contributed by atoms with Crippen LogP contribution in [-0.2, 0) is 9.84 Å². The Morgan fingerprint density at radius 1 is 1.47 bits per heavy atom. The van der Waals surface area contributed by atoms with Gasteiger partial charge in [0.25, 0.3) is 0 Å². The summed E-state index contributed by atoms with van der Waals surface area (Å²) in [7, 11) is -3.70. The van der Waals surface area contributed by atoms with Gasteiger partial charge in [-0.25, -0.2) is 8.42 Å². The molecule has 0 radical (unpaired) electrons. The first-order valence-corrected chi connectivity index (χ1v) is 7.28. The van der Waals surface area contributed by atoms with Crippen molar-refractivity contribution in [3.05, 3.63) is 29.8 Å². The lowest BCUT2D eigenvalue weighted by atomic mass is 10.1. The van der Waals surface area contributed by atoms with Gasteiger partial charge >= 0.3 is 0 Å². The summed E-state index contributed by atoms with van der Waals surface area (Å²) in [5.41, 5.74) is 6.14. The van der Waals surface area contributed by atoms with E-state index in [1.54, 1.807) is 19.1 Å². The summed E-state index contributed by atoms with van der Waals surface area (Å²) in [6, 6.07) is 6.11. The maximum Gasteiger partial charge on any atom is 0.207 e. The van der Waals surface area contributed by atoms with E-state index in [1.807, 2.05) is 0 Å². The van der Waals surface area contributed by atoms with Crippen LogP contribution in [0.3, 0.4) is 0 Å². The Bertz CT molecular complexity index is 541. The summed E-state index contributed by atoms with van der Waals surface area (Å²) >= 11 is 5.96. The molecule has 0 aliphatic heterocycles. The van der Waals surface area contributed by atoms with E-state index in [9.17, 15) is 13.2 Å². The Hall–Kier alpha value is -1.07. The number of Topliss-reactive ketones (excluding diaryl/α,β-unsaturated/α-hetero) is 1. The van der Waals surface area contributed by atoms with Gasteiger partial charge in [0.1, 0.15) is 0 Å². The molecule has 1 atom stereocenters. The molecule has 0 aliphatic carbocycles. The zero-order valence-corrected chi connectivity index (χ0v) is 11.2. The molecule has 0 saturated carbocycles. The summed E-state index contributed by atoms with van der Waals surface area (Å²) in [5.74, 6) is -0.642. The second kappa shape index (κ2) is 4.66. The number of anilines is 1. The fraction of sp³-hybridized carbons (Fsp3) is 0.364.